The fourth-order valence-corrected chi connectivity index (χ4v) is 4.09. The zero-order valence-electron chi connectivity index (χ0n) is 14.6. The van der Waals surface area contributed by atoms with Crippen LogP contribution >= 0.6 is 0 Å². The molecule has 3 fully saturated rings. The van der Waals surface area contributed by atoms with Gasteiger partial charge in [0.2, 0.25) is 0 Å². The highest BCUT2D eigenvalue weighted by atomic mass is 19.4. The molecule has 1 aromatic heterocycles. The molecule has 1 aromatic rings. The second-order valence-corrected chi connectivity index (χ2v) is 7.42. The maximum atomic E-state index is 13.6. The van der Waals surface area contributed by atoms with Crippen molar-refractivity contribution in [3.05, 3.63) is 17.8 Å². The van der Waals surface area contributed by atoms with Gasteiger partial charge in [-0.1, -0.05) is 0 Å². The van der Waals surface area contributed by atoms with Crippen LogP contribution in [0, 0.1) is 11.8 Å². The Morgan fingerprint density at radius 3 is 2.30 bits per heavy atom. The van der Waals surface area contributed by atoms with Crippen LogP contribution in [0.15, 0.2) is 12.1 Å². The number of halogens is 4. The van der Waals surface area contributed by atoms with E-state index in [1.54, 1.807) is 6.92 Å². The molecule has 1 amide bonds. The molecule has 4 rings (SSSR count). The monoisotopic (exact) mass is 388 g/mol. The predicted octanol–water partition coefficient (Wildman–Crippen LogP) is 0.593. The molecule has 2 N–H and O–H groups in total. The highest BCUT2D eigenvalue weighted by Gasteiger charge is 2.45. The average Bonchev–Trinajstić information content (AvgIpc) is 3.17. The molecule has 0 saturated carbocycles. The molecule has 11 heteroatoms. The highest BCUT2D eigenvalue weighted by Crippen LogP contribution is 2.34. The summed E-state index contributed by atoms with van der Waals surface area (Å²) in [6, 6.07) is 1.74. The van der Waals surface area contributed by atoms with Crippen LogP contribution in [0.2, 0.25) is 0 Å². The minimum atomic E-state index is -4.50. The summed E-state index contributed by atoms with van der Waals surface area (Å²) in [5.74, 6) is 0.421. The first-order valence-electron chi connectivity index (χ1n) is 8.83. The van der Waals surface area contributed by atoms with Gasteiger partial charge in [-0.15, -0.1) is 10.2 Å². The number of rotatable bonds is 2. The van der Waals surface area contributed by atoms with Gasteiger partial charge in [0, 0.05) is 32.2 Å². The molecule has 3 saturated heterocycles. The van der Waals surface area contributed by atoms with E-state index in [1.165, 1.54) is 6.07 Å². The molecule has 0 aromatic carbocycles. The van der Waals surface area contributed by atoms with Gasteiger partial charge in [-0.2, -0.15) is 13.2 Å². The minimum Gasteiger partial charge on any atom is -0.354 e. The lowest BCUT2D eigenvalue weighted by Gasteiger charge is -2.37. The zero-order valence-corrected chi connectivity index (χ0v) is 14.6. The van der Waals surface area contributed by atoms with E-state index in [4.69, 9.17) is 0 Å². The third-order valence-electron chi connectivity index (χ3n) is 5.53. The van der Waals surface area contributed by atoms with Gasteiger partial charge in [-0.25, -0.2) is 4.39 Å². The van der Waals surface area contributed by atoms with Crippen molar-refractivity contribution in [3.63, 3.8) is 0 Å². The van der Waals surface area contributed by atoms with Crippen molar-refractivity contribution in [1.82, 2.24) is 25.7 Å². The first-order chi connectivity index (χ1) is 12.7. The molecule has 148 valence electrons. The molecule has 0 bridgehead atoms. The summed E-state index contributed by atoms with van der Waals surface area (Å²) >= 11 is 0. The molecule has 0 radical (unpaired) electrons. The number of alkyl halides is 4. The Labute approximate surface area is 153 Å². The summed E-state index contributed by atoms with van der Waals surface area (Å²) < 4.78 is 51.4. The van der Waals surface area contributed by atoms with Crippen molar-refractivity contribution in [3.8, 4) is 0 Å². The summed E-state index contributed by atoms with van der Waals surface area (Å²) in [7, 11) is 0. The Morgan fingerprint density at radius 2 is 1.78 bits per heavy atom. The van der Waals surface area contributed by atoms with Gasteiger partial charge in [-0.05, 0) is 30.9 Å². The minimum absolute atomic E-state index is 0.297. The second kappa shape index (κ2) is 6.55. The number of fused-ring (bicyclic) bond motifs is 1. The number of carbonyl (C=O) groups excluding carboxylic acids is 1. The molecule has 27 heavy (non-hydrogen) atoms. The number of amides is 1. The lowest BCUT2D eigenvalue weighted by Crippen LogP contribution is -2.67. The molecule has 7 nitrogen and oxygen atoms in total. The number of hydrogen-bond donors (Lipinski definition) is 2. The van der Waals surface area contributed by atoms with Gasteiger partial charge in [-0.3, -0.25) is 15.0 Å². The Morgan fingerprint density at radius 1 is 1.11 bits per heavy atom. The summed E-state index contributed by atoms with van der Waals surface area (Å²) in [6.07, 6.45) is -6.46. The third-order valence-corrected chi connectivity index (χ3v) is 5.53. The standard InChI is InChI=1S/C16H20F4N6O/c1-8-13(17)14(27)22-15(21-8)26-6-9-4-25(5-10(9)7-26)12-3-2-11(23-24-12)16(18,19)20/h2-3,8-10,13,15,21H,4-7H2,1H3,(H,22,27). The quantitative estimate of drug-likeness (QED) is 0.723. The number of nitrogens with one attached hydrogen (secondary N) is 2. The van der Waals surface area contributed by atoms with Crippen LogP contribution in [0.1, 0.15) is 12.6 Å². The highest BCUT2D eigenvalue weighted by molar-refractivity contribution is 5.82. The maximum absolute atomic E-state index is 13.6. The molecule has 3 aliphatic rings. The Bertz CT molecular complexity index is 700. The first kappa shape index (κ1) is 18.4. The van der Waals surface area contributed by atoms with E-state index in [0.29, 0.717) is 43.8 Å². The first-order valence-corrected chi connectivity index (χ1v) is 8.83. The van der Waals surface area contributed by atoms with Crippen LogP contribution in [-0.4, -0.2) is 65.7 Å². The lowest BCUT2D eigenvalue weighted by molar-refractivity contribution is -0.141. The summed E-state index contributed by atoms with van der Waals surface area (Å²) in [5, 5.41) is 12.7. The summed E-state index contributed by atoms with van der Waals surface area (Å²) in [6.45, 7) is 4.36. The number of anilines is 1. The number of carbonyl (C=O) groups is 1. The molecule has 0 aliphatic carbocycles. The molecule has 5 unspecified atom stereocenters. The fraction of sp³-hybridized carbons (Fsp3) is 0.688. The molecular weight excluding hydrogens is 368 g/mol. The van der Waals surface area contributed by atoms with Gasteiger partial charge in [0.05, 0.1) is 0 Å². The fourth-order valence-electron chi connectivity index (χ4n) is 4.09. The molecule has 5 atom stereocenters. The average molecular weight is 388 g/mol. The summed E-state index contributed by atoms with van der Waals surface area (Å²) in [5.41, 5.74) is -1.00. The van der Waals surface area contributed by atoms with Crippen molar-refractivity contribution in [2.24, 2.45) is 11.8 Å². The SMILES string of the molecule is CC1NC(N2CC3CN(c4ccc(C(F)(F)F)nn4)CC3C2)NC(=O)C1F. The van der Waals surface area contributed by atoms with E-state index in [2.05, 4.69) is 25.7 Å². The molecule has 3 aliphatic heterocycles. The van der Waals surface area contributed by atoms with Crippen molar-refractivity contribution in [1.29, 1.82) is 0 Å². The molecular formula is C16H20F4N6O. The smallest absolute Gasteiger partial charge is 0.354 e. The lowest BCUT2D eigenvalue weighted by atomic mass is 10.0. The summed E-state index contributed by atoms with van der Waals surface area (Å²) in [4.78, 5) is 15.7. The van der Waals surface area contributed by atoms with Crippen LogP contribution in [0.4, 0.5) is 23.4 Å². The topological polar surface area (TPSA) is 73.4 Å². The van der Waals surface area contributed by atoms with E-state index < -0.39 is 36.3 Å². The van der Waals surface area contributed by atoms with Crippen molar-refractivity contribution in [2.75, 3.05) is 31.1 Å². The van der Waals surface area contributed by atoms with Crippen molar-refractivity contribution in [2.45, 2.75) is 31.6 Å². The van der Waals surface area contributed by atoms with E-state index in [9.17, 15) is 22.4 Å². The zero-order chi connectivity index (χ0) is 19.3. The van der Waals surface area contributed by atoms with Crippen LogP contribution in [0.3, 0.4) is 0 Å². The number of likely N-dealkylation sites (tertiary alicyclic amines) is 1. The maximum Gasteiger partial charge on any atom is 0.435 e. The number of hydrogen-bond acceptors (Lipinski definition) is 6. The largest absolute Gasteiger partial charge is 0.435 e. The van der Waals surface area contributed by atoms with Crippen molar-refractivity contribution < 1.29 is 22.4 Å². The third kappa shape index (κ3) is 3.45. The number of aromatic nitrogens is 2. The normalized spacial score (nSPS) is 34.6. The van der Waals surface area contributed by atoms with Gasteiger partial charge < -0.3 is 10.2 Å². The second-order valence-electron chi connectivity index (χ2n) is 7.42. The van der Waals surface area contributed by atoms with Crippen LogP contribution in [0.5, 0.6) is 0 Å². The number of nitrogens with zero attached hydrogens (tertiary/aromatic N) is 4. The Kier molecular flexibility index (Phi) is 4.46. The van der Waals surface area contributed by atoms with Gasteiger partial charge >= 0.3 is 6.18 Å². The predicted molar refractivity (Wildman–Crippen MR) is 87.2 cm³/mol. The van der Waals surface area contributed by atoms with Crippen LogP contribution in [0.25, 0.3) is 0 Å². The molecule has 0 spiro atoms. The Balaban J connectivity index is 1.36. The van der Waals surface area contributed by atoms with Crippen LogP contribution in [-0.2, 0) is 11.0 Å². The van der Waals surface area contributed by atoms with Gasteiger partial charge in [0.25, 0.3) is 5.91 Å². The van der Waals surface area contributed by atoms with E-state index >= 15 is 0 Å². The van der Waals surface area contributed by atoms with Gasteiger partial charge in [0.15, 0.2) is 17.7 Å². The van der Waals surface area contributed by atoms with E-state index in [1.807, 2.05) is 4.90 Å². The van der Waals surface area contributed by atoms with Gasteiger partial charge in [0.1, 0.15) is 6.29 Å². The van der Waals surface area contributed by atoms with Crippen LogP contribution < -0.4 is 15.5 Å². The van der Waals surface area contributed by atoms with Crippen molar-refractivity contribution >= 4 is 11.7 Å². The Hall–Kier alpha value is -2.01. The van der Waals surface area contributed by atoms with E-state index in [-0.39, 0.29) is 0 Å². The van der Waals surface area contributed by atoms with E-state index in [0.717, 1.165) is 6.07 Å². The molecule has 4 heterocycles.